The summed E-state index contributed by atoms with van der Waals surface area (Å²) in [5.41, 5.74) is 1.30. The predicted octanol–water partition coefficient (Wildman–Crippen LogP) is 2.75. The highest BCUT2D eigenvalue weighted by Crippen LogP contribution is 2.12. The van der Waals surface area contributed by atoms with Gasteiger partial charge >= 0.3 is 0 Å². The Kier molecular flexibility index (Phi) is 4.46. The van der Waals surface area contributed by atoms with Crippen LogP contribution in [0.4, 0.5) is 4.39 Å². The summed E-state index contributed by atoms with van der Waals surface area (Å²) in [5.74, 6) is -0.693. The van der Waals surface area contributed by atoms with E-state index in [1.807, 2.05) is 12.1 Å². The fraction of sp³-hybridized carbons (Fsp3) is 0.125. The zero-order chi connectivity index (χ0) is 14.4. The van der Waals surface area contributed by atoms with Crippen LogP contribution >= 0.6 is 0 Å². The van der Waals surface area contributed by atoms with Gasteiger partial charge in [-0.2, -0.15) is 5.26 Å². The molecule has 0 aliphatic heterocycles. The third-order valence-electron chi connectivity index (χ3n) is 2.82. The Morgan fingerprint density at radius 3 is 2.60 bits per heavy atom. The molecule has 1 N–H and O–H groups in total. The molecule has 0 radical (unpaired) electrons. The molecule has 0 aromatic heterocycles. The lowest BCUT2D eigenvalue weighted by Gasteiger charge is -2.11. The van der Waals surface area contributed by atoms with Crippen molar-refractivity contribution < 1.29 is 9.18 Å². The van der Waals surface area contributed by atoms with E-state index in [1.165, 1.54) is 12.1 Å². The number of amides is 1. The molecule has 1 amide bonds. The molecule has 0 fully saturated rings. The number of nitrogens with one attached hydrogen (secondary N) is 1. The average molecular weight is 268 g/mol. The molecular weight excluding hydrogens is 255 g/mol. The van der Waals surface area contributed by atoms with Crippen molar-refractivity contribution in [3.8, 4) is 6.07 Å². The lowest BCUT2D eigenvalue weighted by atomic mass is 10.1. The van der Waals surface area contributed by atoms with Crippen LogP contribution in [0, 0.1) is 17.1 Å². The van der Waals surface area contributed by atoms with E-state index in [0.29, 0.717) is 5.56 Å². The third kappa shape index (κ3) is 3.66. The number of hydrogen-bond donors (Lipinski definition) is 1. The lowest BCUT2D eigenvalue weighted by Crippen LogP contribution is -2.29. The summed E-state index contributed by atoms with van der Waals surface area (Å²) >= 11 is 0. The van der Waals surface area contributed by atoms with Crippen LogP contribution in [0.1, 0.15) is 17.2 Å². The molecule has 2 aromatic carbocycles. The van der Waals surface area contributed by atoms with Crippen molar-refractivity contribution in [1.82, 2.24) is 5.32 Å². The number of hydrogen-bond acceptors (Lipinski definition) is 2. The molecule has 0 saturated carbocycles. The highest BCUT2D eigenvalue weighted by atomic mass is 19.1. The second-order valence-electron chi connectivity index (χ2n) is 4.35. The first-order chi connectivity index (χ1) is 9.69. The van der Waals surface area contributed by atoms with Gasteiger partial charge in [0.1, 0.15) is 11.9 Å². The normalized spacial score (nSPS) is 11.4. The summed E-state index contributed by atoms with van der Waals surface area (Å²) in [6.45, 7) is 0. The van der Waals surface area contributed by atoms with Crippen LogP contribution in [-0.2, 0) is 11.2 Å². The summed E-state index contributed by atoms with van der Waals surface area (Å²) in [7, 11) is 0. The Hall–Kier alpha value is -2.67. The van der Waals surface area contributed by atoms with Gasteiger partial charge in [0, 0.05) is 0 Å². The van der Waals surface area contributed by atoms with E-state index in [4.69, 9.17) is 5.26 Å². The van der Waals surface area contributed by atoms with Gasteiger partial charge in [-0.3, -0.25) is 4.79 Å². The molecule has 0 spiro atoms. The highest BCUT2D eigenvalue weighted by Gasteiger charge is 2.13. The summed E-state index contributed by atoms with van der Waals surface area (Å²) < 4.78 is 13.0. The van der Waals surface area contributed by atoms with Crippen molar-refractivity contribution in [2.24, 2.45) is 0 Å². The maximum Gasteiger partial charge on any atom is 0.225 e. The lowest BCUT2D eigenvalue weighted by molar-refractivity contribution is -0.120. The fourth-order valence-corrected chi connectivity index (χ4v) is 1.88. The second kappa shape index (κ2) is 6.48. The highest BCUT2D eigenvalue weighted by molar-refractivity contribution is 5.79. The van der Waals surface area contributed by atoms with Gasteiger partial charge in [0.05, 0.1) is 12.5 Å². The second-order valence-corrected chi connectivity index (χ2v) is 4.35. The van der Waals surface area contributed by atoms with Gasteiger partial charge in [0.2, 0.25) is 5.91 Å². The van der Waals surface area contributed by atoms with Crippen LogP contribution < -0.4 is 5.32 Å². The van der Waals surface area contributed by atoms with E-state index >= 15 is 0 Å². The molecule has 0 aliphatic rings. The maximum absolute atomic E-state index is 13.0. The van der Waals surface area contributed by atoms with Gasteiger partial charge in [-0.25, -0.2) is 4.39 Å². The van der Waals surface area contributed by atoms with Crippen LogP contribution in [0.15, 0.2) is 54.6 Å². The van der Waals surface area contributed by atoms with Crippen LogP contribution in [0.2, 0.25) is 0 Å². The summed E-state index contributed by atoms with van der Waals surface area (Å²) in [5, 5.41) is 11.7. The van der Waals surface area contributed by atoms with Gasteiger partial charge in [0.15, 0.2) is 0 Å². The first kappa shape index (κ1) is 13.8. The number of rotatable bonds is 4. The van der Waals surface area contributed by atoms with E-state index < -0.39 is 6.04 Å². The zero-order valence-electron chi connectivity index (χ0n) is 10.7. The Labute approximate surface area is 116 Å². The van der Waals surface area contributed by atoms with E-state index in [9.17, 15) is 9.18 Å². The molecule has 100 valence electrons. The molecule has 0 heterocycles. The van der Waals surface area contributed by atoms with E-state index in [0.717, 1.165) is 5.56 Å². The molecule has 2 rings (SSSR count). The number of carbonyl (C=O) groups excluding carboxylic acids is 1. The van der Waals surface area contributed by atoms with Crippen LogP contribution in [-0.4, -0.2) is 5.91 Å². The van der Waals surface area contributed by atoms with Gasteiger partial charge in [-0.15, -0.1) is 0 Å². The Morgan fingerprint density at radius 1 is 1.20 bits per heavy atom. The molecule has 0 aliphatic carbocycles. The Balaban J connectivity index is 2.02. The Bertz CT molecular complexity index is 634. The molecular formula is C16H13FN2O. The minimum absolute atomic E-state index is 0.0444. The van der Waals surface area contributed by atoms with Crippen molar-refractivity contribution in [3.05, 3.63) is 71.5 Å². The number of nitriles is 1. The van der Waals surface area contributed by atoms with E-state index in [-0.39, 0.29) is 18.1 Å². The fourth-order valence-electron chi connectivity index (χ4n) is 1.88. The molecule has 1 atom stereocenters. The van der Waals surface area contributed by atoms with E-state index in [1.54, 1.807) is 36.4 Å². The van der Waals surface area contributed by atoms with Crippen molar-refractivity contribution in [2.45, 2.75) is 12.5 Å². The first-order valence-corrected chi connectivity index (χ1v) is 6.17. The first-order valence-electron chi connectivity index (χ1n) is 6.17. The third-order valence-corrected chi connectivity index (χ3v) is 2.82. The monoisotopic (exact) mass is 268 g/mol. The molecule has 1 unspecified atom stereocenters. The van der Waals surface area contributed by atoms with Crippen molar-refractivity contribution >= 4 is 5.91 Å². The van der Waals surface area contributed by atoms with Gasteiger partial charge < -0.3 is 5.32 Å². The number of benzene rings is 2. The van der Waals surface area contributed by atoms with Crippen molar-refractivity contribution in [2.75, 3.05) is 0 Å². The van der Waals surface area contributed by atoms with Crippen LogP contribution in [0.5, 0.6) is 0 Å². The molecule has 20 heavy (non-hydrogen) atoms. The number of carbonyl (C=O) groups is 1. The molecule has 3 nitrogen and oxygen atoms in total. The van der Waals surface area contributed by atoms with Crippen molar-refractivity contribution in [1.29, 1.82) is 5.26 Å². The smallest absolute Gasteiger partial charge is 0.225 e. The van der Waals surface area contributed by atoms with Gasteiger partial charge in [-0.1, -0.05) is 42.5 Å². The van der Waals surface area contributed by atoms with Gasteiger partial charge in [-0.05, 0) is 23.3 Å². The van der Waals surface area contributed by atoms with E-state index in [2.05, 4.69) is 5.32 Å². The van der Waals surface area contributed by atoms with Gasteiger partial charge in [0.25, 0.3) is 0 Å². The van der Waals surface area contributed by atoms with Crippen LogP contribution in [0.25, 0.3) is 0 Å². The van der Waals surface area contributed by atoms with Crippen LogP contribution in [0.3, 0.4) is 0 Å². The zero-order valence-corrected chi connectivity index (χ0v) is 10.7. The summed E-state index contributed by atoms with van der Waals surface area (Å²) in [6, 6.07) is 16.2. The molecule has 4 heteroatoms. The number of nitrogens with zero attached hydrogens (tertiary/aromatic N) is 1. The predicted molar refractivity (Wildman–Crippen MR) is 73.0 cm³/mol. The van der Waals surface area contributed by atoms with Crippen molar-refractivity contribution in [3.63, 3.8) is 0 Å². The number of halogens is 1. The maximum atomic E-state index is 13.0. The molecule has 0 bridgehead atoms. The molecule has 0 saturated heterocycles. The SMILES string of the molecule is N#CC(NC(=O)Cc1cccc(F)c1)c1ccccc1. The molecule has 2 aromatic rings. The minimum Gasteiger partial charge on any atom is -0.336 e. The standard InChI is InChI=1S/C16H13FN2O/c17-14-8-4-5-12(9-14)10-16(20)19-15(11-18)13-6-2-1-3-7-13/h1-9,15H,10H2,(H,19,20). The average Bonchev–Trinajstić information content (AvgIpc) is 2.45. The Morgan fingerprint density at radius 2 is 1.95 bits per heavy atom. The summed E-state index contributed by atoms with van der Waals surface area (Å²) in [6.07, 6.45) is 0.0444. The quantitative estimate of drug-likeness (QED) is 0.927. The largest absolute Gasteiger partial charge is 0.336 e. The minimum atomic E-state index is -0.697. The topological polar surface area (TPSA) is 52.9 Å². The summed E-state index contributed by atoms with van der Waals surface area (Å²) in [4.78, 5) is 11.9.